The summed E-state index contributed by atoms with van der Waals surface area (Å²) in [5, 5.41) is 15.2. The van der Waals surface area contributed by atoms with Gasteiger partial charge >= 0.3 is 7.05 Å². The van der Waals surface area contributed by atoms with Crippen LogP contribution < -0.4 is 10.5 Å². The highest BCUT2D eigenvalue weighted by Gasteiger charge is 2.44. The van der Waals surface area contributed by atoms with Gasteiger partial charge in [0.15, 0.2) is 5.78 Å². The topological polar surface area (TPSA) is 81.7 Å². The molecule has 3 atom stereocenters. The molecule has 3 unspecified atom stereocenters. The Balaban J connectivity index is 2.03. The lowest BCUT2D eigenvalue weighted by Gasteiger charge is -2.38. The van der Waals surface area contributed by atoms with Gasteiger partial charge in [-0.15, -0.1) is 0 Å². The monoisotopic (exact) mass is 253 g/mol. The van der Waals surface area contributed by atoms with Crippen LogP contribution in [0.25, 0.3) is 0 Å². The van der Waals surface area contributed by atoms with E-state index in [1.165, 1.54) is 0 Å². The van der Waals surface area contributed by atoms with Gasteiger partial charge in [0.2, 0.25) is 5.91 Å². The lowest BCUT2D eigenvalue weighted by atomic mass is 9.88. The Morgan fingerprint density at radius 1 is 1.61 bits per heavy atom. The summed E-state index contributed by atoms with van der Waals surface area (Å²) in [5.41, 5.74) is 0. The van der Waals surface area contributed by atoms with Crippen LogP contribution in [0.15, 0.2) is 0 Å². The van der Waals surface area contributed by atoms with E-state index in [1.807, 2.05) is 0 Å². The van der Waals surface area contributed by atoms with Crippen LogP contribution >= 0.6 is 0 Å². The smallest absolute Gasteiger partial charge is 0.373 e. The Bertz CT molecular complexity index is 350. The predicted molar refractivity (Wildman–Crippen MR) is 68.0 cm³/mol. The number of nitrogens with one attached hydrogen (secondary N) is 2. The van der Waals surface area contributed by atoms with Crippen molar-refractivity contribution < 1.29 is 14.6 Å². The molecule has 100 valence electrons. The summed E-state index contributed by atoms with van der Waals surface area (Å²) in [6.07, 6.45) is 1.66. The van der Waals surface area contributed by atoms with Gasteiger partial charge in [-0.3, -0.25) is 9.59 Å². The maximum Gasteiger partial charge on any atom is 0.373 e. The highest BCUT2D eigenvalue weighted by molar-refractivity contribution is 6.45. The van der Waals surface area contributed by atoms with Crippen LogP contribution in [0.3, 0.4) is 0 Å². The molecule has 2 saturated heterocycles. The molecule has 0 saturated carbocycles. The average molecular weight is 253 g/mol. The Labute approximate surface area is 107 Å². The molecule has 3 N–H and O–H groups in total. The van der Waals surface area contributed by atoms with Crippen LogP contribution in [0.4, 0.5) is 0 Å². The van der Waals surface area contributed by atoms with Crippen molar-refractivity contribution in [1.29, 1.82) is 0 Å². The predicted octanol–water partition coefficient (Wildman–Crippen LogP) is -1.39. The van der Waals surface area contributed by atoms with Gasteiger partial charge in [0.1, 0.15) is 0 Å². The second-order valence-corrected chi connectivity index (χ2v) is 5.15. The zero-order valence-corrected chi connectivity index (χ0v) is 10.8. The minimum atomic E-state index is -0.639. The first kappa shape index (κ1) is 13.5. The van der Waals surface area contributed by atoms with Crippen LogP contribution in [0.5, 0.6) is 0 Å². The van der Waals surface area contributed by atoms with E-state index in [0.29, 0.717) is 6.54 Å². The van der Waals surface area contributed by atoms with E-state index in [0.717, 1.165) is 19.4 Å². The largest absolute Gasteiger partial charge is 0.437 e. The molecule has 0 aliphatic carbocycles. The van der Waals surface area contributed by atoms with E-state index in [9.17, 15) is 14.6 Å². The van der Waals surface area contributed by atoms with Gasteiger partial charge in [-0.25, -0.2) is 0 Å². The summed E-state index contributed by atoms with van der Waals surface area (Å²) in [6.45, 7) is 4.27. The molecule has 0 spiro atoms. The molecule has 2 aliphatic heterocycles. The summed E-state index contributed by atoms with van der Waals surface area (Å²) < 4.78 is 0. The molecular weight excluding hydrogens is 233 g/mol. The van der Waals surface area contributed by atoms with E-state index in [1.54, 1.807) is 18.6 Å². The Morgan fingerprint density at radius 3 is 2.94 bits per heavy atom. The average Bonchev–Trinajstić information content (AvgIpc) is 2.72. The molecule has 2 aliphatic rings. The van der Waals surface area contributed by atoms with Crippen molar-refractivity contribution in [2.75, 3.05) is 13.1 Å². The molecule has 6 nitrogen and oxygen atoms in total. The number of hydrogen-bond acceptors (Lipinski definition) is 5. The standard InChI is InChI=1S/C11H20BN3O3/c1-7(16)10-4-3-8-5-13-9(6-14-12(2)18)11(17)15(8)10/h8-10,13-14,18H,3-6H2,1-2H3. The zero-order valence-electron chi connectivity index (χ0n) is 10.8. The first-order valence-corrected chi connectivity index (χ1v) is 6.48. The number of rotatable bonds is 4. The Kier molecular flexibility index (Phi) is 4.04. The third-order valence-electron chi connectivity index (χ3n) is 3.74. The number of Topliss-reactive ketones (excluding diaryl/α,β-unsaturated/α-hetero) is 1. The minimum absolute atomic E-state index is 0.0305. The lowest BCUT2D eigenvalue weighted by molar-refractivity contribution is -0.143. The van der Waals surface area contributed by atoms with E-state index >= 15 is 0 Å². The van der Waals surface area contributed by atoms with Crippen LogP contribution in [0.2, 0.25) is 6.82 Å². The quantitative estimate of drug-likeness (QED) is 0.537. The van der Waals surface area contributed by atoms with E-state index in [4.69, 9.17) is 0 Å². The van der Waals surface area contributed by atoms with Crippen molar-refractivity contribution in [3.63, 3.8) is 0 Å². The third-order valence-corrected chi connectivity index (χ3v) is 3.74. The van der Waals surface area contributed by atoms with Gasteiger partial charge in [0.05, 0.1) is 12.1 Å². The molecule has 0 aromatic heterocycles. The first-order valence-electron chi connectivity index (χ1n) is 6.48. The maximum atomic E-state index is 12.3. The Morgan fingerprint density at radius 2 is 2.33 bits per heavy atom. The molecule has 2 rings (SSSR count). The van der Waals surface area contributed by atoms with Crippen molar-refractivity contribution in [3.05, 3.63) is 0 Å². The summed E-state index contributed by atoms with van der Waals surface area (Å²) in [7, 11) is -0.639. The number of hydrogen-bond donors (Lipinski definition) is 3. The number of piperazine rings is 1. The molecule has 0 bridgehead atoms. The van der Waals surface area contributed by atoms with Crippen molar-refractivity contribution in [1.82, 2.24) is 15.4 Å². The van der Waals surface area contributed by atoms with Crippen molar-refractivity contribution in [3.8, 4) is 0 Å². The number of carbonyl (C=O) groups excluding carboxylic acids is 2. The van der Waals surface area contributed by atoms with Crippen molar-refractivity contribution in [2.24, 2.45) is 0 Å². The molecule has 7 heteroatoms. The lowest BCUT2D eigenvalue weighted by Crippen LogP contribution is -2.63. The summed E-state index contributed by atoms with van der Waals surface area (Å²) in [6, 6.07) is -0.455. The fraction of sp³-hybridized carbons (Fsp3) is 0.818. The van der Waals surface area contributed by atoms with Gasteiger partial charge in [-0.1, -0.05) is 0 Å². The second-order valence-electron chi connectivity index (χ2n) is 5.15. The van der Waals surface area contributed by atoms with Crippen LogP contribution in [0.1, 0.15) is 19.8 Å². The fourth-order valence-electron chi connectivity index (χ4n) is 2.81. The van der Waals surface area contributed by atoms with Gasteiger partial charge < -0.3 is 20.5 Å². The van der Waals surface area contributed by atoms with E-state index < -0.39 is 7.05 Å². The maximum absolute atomic E-state index is 12.3. The summed E-state index contributed by atoms with van der Waals surface area (Å²) in [4.78, 5) is 25.6. The van der Waals surface area contributed by atoms with Crippen molar-refractivity contribution in [2.45, 2.75) is 44.7 Å². The summed E-state index contributed by atoms with van der Waals surface area (Å²) in [5.74, 6) is 0.0343. The normalized spacial score (nSPS) is 31.4. The van der Waals surface area contributed by atoms with Crippen LogP contribution in [0, 0.1) is 0 Å². The highest BCUT2D eigenvalue weighted by atomic mass is 16.2. The van der Waals surface area contributed by atoms with Gasteiger partial charge in [0, 0.05) is 19.1 Å². The molecule has 0 aromatic carbocycles. The van der Waals surface area contributed by atoms with Gasteiger partial charge in [-0.05, 0) is 26.6 Å². The molecule has 2 heterocycles. The first-order chi connectivity index (χ1) is 8.50. The molecule has 18 heavy (non-hydrogen) atoms. The second kappa shape index (κ2) is 5.38. The zero-order chi connectivity index (χ0) is 13.3. The summed E-state index contributed by atoms with van der Waals surface area (Å²) >= 11 is 0. The van der Waals surface area contributed by atoms with Crippen LogP contribution in [-0.2, 0) is 9.59 Å². The van der Waals surface area contributed by atoms with Crippen molar-refractivity contribution >= 4 is 18.7 Å². The third kappa shape index (κ3) is 2.58. The number of amides is 1. The fourth-order valence-corrected chi connectivity index (χ4v) is 2.81. The highest BCUT2D eigenvalue weighted by Crippen LogP contribution is 2.27. The molecule has 2 fully saturated rings. The minimum Gasteiger partial charge on any atom is -0.437 e. The number of nitrogens with zero attached hydrogens (tertiary/aromatic N) is 1. The van der Waals surface area contributed by atoms with E-state index in [2.05, 4.69) is 10.5 Å². The van der Waals surface area contributed by atoms with Gasteiger partial charge in [0.25, 0.3) is 0 Å². The number of fused-ring (bicyclic) bond motifs is 1. The molecule has 1 amide bonds. The van der Waals surface area contributed by atoms with Gasteiger partial charge in [-0.2, -0.15) is 0 Å². The van der Waals surface area contributed by atoms with E-state index in [-0.39, 0.29) is 29.8 Å². The van der Waals surface area contributed by atoms with Crippen LogP contribution in [-0.4, -0.2) is 59.9 Å². The number of carbonyl (C=O) groups is 2. The SMILES string of the molecule is CB(O)NCC1NCC2CCC(C(C)=O)N2C1=O. The molecular formula is C11H20BN3O3. The molecule has 0 radical (unpaired) electrons. The Hall–Kier alpha value is -0.915. The molecule has 0 aromatic rings. The number of ketones is 1.